The molecule has 0 aliphatic rings. The Balaban J connectivity index is 1.76. The molecule has 0 aliphatic carbocycles. The van der Waals surface area contributed by atoms with Crippen LogP contribution in [0, 0.1) is 0 Å². The van der Waals surface area contributed by atoms with Gasteiger partial charge in [0.1, 0.15) is 5.69 Å². The third-order valence-corrected chi connectivity index (χ3v) is 4.24. The van der Waals surface area contributed by atoms with Crippen LogP contribution in [-0.2, 0) is 20.7 Å². The summed E-state index contributed by atoms with van der Waals surface area (Å²) in [6.45, 7) is 0. The Morgan fingerprint density at radius 1 is 1.19 bits per heavy atom. The van der Waals surface area contributed by atoms with E-state index in [1.165, 1.54) is 7.11 Å². The number of carbonyl (C=O) groups is 2. The summed E-state index contributed by atoms with van der Waals surface area (Å²) < 4.78 is 9.94. The molecule has 1 amide bonds. The number of methoxy groups -OCH3 is 1. The number of ether oxygens (including phenoxy) is 1. The molecule has 0 fully saturated rings. The first-order valence-corrected chi connectivity index (χ1v) is 8.39. The zero-order valence-electron chi connectivity index (χ0n) is 14.1. The molecular weight excluding hydrogens is 356 g/mol. The molecule has 0 radical (unpaired) electrons. The molecule has 0 aliphatic heterocycles. The summed E-state index contributed by atoms with van der Waals surface area (Å²) in [6.07, 6.45) is 0.0612. The van der Waals surface area contributed by atoms with E-state index in [1.807, 2.05) is 18.2 Å². The van der Waals surface area contributed by atoms with Gasteiger partial charge in [0.15, 0.2) is 5.58 Å². The molecule has 1 N–H and O–H groups in total. The molecule has 1 unspecified atom stereocenters. The van der Waals surface area contributed by atoms with Crippen molar-refractivity contribution in [3.63, 3.8) is 0 Å². The number of para-hydroxylation sites is 1. The number of aromatic nitrogens is 1. The van der Waals surface area contributed by atoms with Gasteiger partial charge in [-0.2, -0.15) is 0 Å². The van der Waals surface area contributed by atoms with Gasteiger partial charge in [0.05, 0.1) is 26.0 Å². The molecule has 2 aromatic carbocycles. The number of esters is 1. The average molecular weight is 373 g/mol. The molecule has 0 spiro atoms. The van der Waals surface area contributed by atoms with E-state index in [-0.39, 0.29) is 18.7 Å². The molecule has 134 valence electrons. The Morgan fingerprint density at radius 3 is 2.65 bits per heavy atom. The van der Waals surface area contributed by atoms with E-state index < -0.39 is 12.0 Å². The van der Waals surface area contributed by atoms with Crippen LogP contribution < -0.4 is 5.32 Å². The monoisotopic (exact) mass is 372 g/mol. The van der Waals surface area contributed by atoms with Crippen molar-refractivity contribution < 1.29 is 18.8 Å². The van der Waals surface area contributed by atoms with Crippen molar-refractivity contribution >= 4 is 34.4 Å². The first kappa shape index (κ1) is 17.9. The fourth-order valence-electron chi connectivity index (χ4n) is 2.66. The highest BCUT2D eigenvalue weighted by molar-refractivity contribution is 6.30. The van der Waals surface area contributed by atoms with Crippen LogP contribution in [-0.4, -0.2) is 24.1 Å². The number of carbonyl (C=O) groups excluding carboxylic acids is 2. The lowest BCUT2D eigenvalue weighted by Crippen LogP contribution is -2.31. The number of halogens is 1. The van der Waals surface area contributed by atoms with Gasteiger partial charge in [-0.25, -0.2) is 0 Å². The number of hydrogen-bond acceptors (Lipinski definition) is 5. The second kappa shape index (κ2) is 8.01. The molecular formula is C19H17ClN2O4. The number of fused-ring (bicyclic) bond motifs is 1. The minimum Gasteiger partial charge on any atom is -0.469 e. The lowest BCUT2D eigenvalue weighted by molar-refractivity contribution is -0.141. The van der Waals surface area contributed by atoms with Gasteiger partial charge in [0.25, 0.3) is 0 Å². The molecule has 1 atom stereocenters. The maximum Gasteiger partial charge on any atom is 0.307 e. The Labute approximate surface area is 155 Å². The molecule has 6 nitrogen and oxygen atoms in total. The van der Waals surface area contributed by atoms with Crippen molar-refractivity contribution in [3.05, 3.63) is 64.8 Å². The number of nitrogens with one attached hydrogen (secondary N) is 1. The number of nitrogens with zero attached hydrogens (tertiary/aromatic N) is 1. The number of hydrogen-bond donors (Lipinski definition) is 1. The van der Waals surface area contributed by atoms with Gasteiger partial charge in [0, 0.05) is 10.4 Å². The summed E-state index contributed by atoms with van der Waals surface area (Å²) in [6, 6.07) is 13.8. The van der Waals surface area contributed by atoms with Gasteiger partial charge in [-0.3, -0.25) is 9.59 Å². The average Bonchev–Trinajstić information content (AvgIpc) is 3.04. The smallest absolute Gasteiger partial charge is 0.307 e. The van der Waals surface area contributed by atoms with Crippen LogP contribution in [0.25, 0.3) is 11.0 Å². The number of rotatable bonds is 6. The van der Waals surface area contributed by atoms with Crippen LogP contribution in [0.5, 0.6) is 0 Å². The lowest BCUT2D eigenvalue weighted by atomic mass is 10.0. The molecule has 3 aromatic rings. The molecule has 0 saturated heterocycles. The Hall–Kier alpha value is -2.86. The van der Waals surface area contributed by atoms with Crippen molar-refractivity contribution in [2.75, 3.05) is 7.11 Å². The summed E-state index contributed by atoms with van der Waals surface area (Å²) >= 11 is 5.91. The zero-order valence-corrected chi connectivity index (χ0v) is 14.8. The van der Waals surface area contributed by atoms with Crippen molar-refractivity contribution in [2.45, 2.75) is 18.9 Å². The first-order chi connectivity index (χ1) is 12.6. The van der Waals surface area contributed by atoms with Gasteiger partial charge in [0.2, 0.25) is 5.91 Å². The van der Waals surface area contributed by atoms with E-state index in [0.29, 0.717) is 16.3 Å². The maximum absolute atomic E-state index is 12.5. The molecule has 0 saturated carbocycles. The second-order valence-electron chi connectivity index (χ2n) is 5.75. The highest BCUT2D eigenvalue weighted by atomic mass is 35.5. The molecule has 7 heteroatoms. The van der Waals surface area contributed by atoms with Crippen LogP contribution in [0.2, 0.25) is 5.02 Å². The van der Waals surface area contributed by atoms with Gasteiger partial charge in [-0.1, -0.05) is 41.0 Å². The van der Waals surface area contributed by atoms with Crippen molar-refractivity contribution in [3.8, 4) is 0 Å². The molecule has 3 rings (SSSR count). The summed E-state index contributed by atoms with van der Waals surface area (Å²) in [7, 11) is 1.31. The highest BCUT2D eigenvalue weighted by Gasteiger charge is 2.20. The normalized spacial score (nSPS) is 11.9. The third kappa shape index (κ3) is 4.21. The van der Waals surface area contributed by atoms with E-state index in [2.05, 4.69) is 10.5 Å². The fraction of sp³-hybridized carbons (Fsp3) is 0.211. The molecule has 0 bridgehead atoms. The minimum atomic E-state index is -0.523. The summed E-state index contributed by atoms with van der Waals surface area (Å²) in [5.41, 5.74) is 1.93. The molecule has 26 heavy (non-hydrogen) atoms. The van der Waals surface area contributed by atoms with E-state index in [9.17, 15) is 9.59 Å². The third-order valence-electron chi connectivity index (χ3n) is 3.99. The van der Waals surface area contributed by atoms with Crippen LogP contribution >= 0.6 is 11.6 Å². The SMILES string of the molecule is COC(=O)CC(NC(=O)Cc1noc2ccccc12)c1ccc(Cl)cc1. The zero-order chi connectivity index (χ0) is 18.5. The van der Waals surface area contributed by atoms with Gasteiger partial charge in [-0.15, -0.1) is 0 Å². The molecule has 1 aromatic heterocycles. The predicted molar refractivity (Wildman–Crippen MR) is 96.7 cm³/mol. The topological polar surface area (TPSA) is 81.4 Å². The van der Waals surface area contributed by atoms with Crippen molar-refractivity contribution in [1.82, 2.24) is 10.5 Å². The first-order valence-electron chi connectivity index (χ1n) is 8.01. The Bertz CT molecular complexity index is 921. The van der Waals surface area contributed by atoms with E-state index in [4.69, 9.17) is 20.9 Å². The fourth-order valence-corrected chi connectivity index (χ4v) is 2.79. The van der Waals surface area contributed by atoms with Crippen molar-refractivity contribution in [1.29, 1.82) is 0 Å². The predicted octanol–water partition coefficient (Wildman–Crippen LogP) is 3.44. The van der Waals surface area contributed by atoms with Gasteiger partial charge >= 0.3 is 5.97 Å². The van der Waals surface area contributed by atoms with E-state index in [0.717, 1.165) is 10.9 Å². The van der Waals surface area contributed by atoms with Gasteiger partial charge in [-0.05, 0) is 29.8 Å². The van der Waals surface area contributed by atoms with Crippen LogP contribution in [0.3, 0.4) is 0 Å². The van der Waals surface area contributed by atoms with E-state index in [1.54, 1.807) is 30.3 Å². The largest absolute Gasteiger partial charge is 0.469 e. The Morgan fingerprint density at radius 2 is 1.92 bits per heavy atom. The quantitative estimate of drug-likeness (QED) is 0.670. The standard InChI is InChI=1S/C19H17ClN2O4/c1-25-19(24)11-15(12-6-8-13(20)9-7-12)21-18(23)10-16-14-4-2-3-5-17(14)26-22-16/h2-9,15H,10-11H2,1H3,(H,21,23). The summed E-state index contributed by atoms with van der Waals surface area (Å²) in [5, 5.41) is 8.18. The Kier molecular flexibility index (Phi) is 5.53. The summed E-state index contributed by atoms with van der Waals surface area (Å²) in [4.78, 5) is 24.2. The van der Waals surface area contributed by atoms with Crippen molar-refractivity contribution in [2.24, 2.45) is 0 Å². The number of benzene rings is 2. The second-order valence-corrected chi connectivity index (χ2v) is 6.19. The lowest BCUT2D eigenvalue weighted by Gasteiger charge is -2.18. The van der Waals surface area contributed by atoms with Crippen LogP contribution in [0.15, 0.2) is 53.1 Å². The van der Waals surface area contributed by atoms with Crippen LogP contribution in [0.1, 0.15) is 23.7 Å². The maximum atomic E-state index is 12.5. The highest BCUT2D eigenvalue weighted by Crippen LogP contribution is 2.21. The minimum absolute atomic E-state index is 0.0173. The summed E-state index contributed by atoms with van der Waals surface area (Å²) in [5.74, 6) is -0.690. The van der Waals surface area contributed by atoms with Crippen LogP contribution in [0.4, 0.5) is 0 Å². The number of amides is 1. The molecule has 1 heterocycles. The van der Waals surface area contributed by atoms with Gasteiger partial charge < -0.3 is 14.6 Å². The van der Waals surface area contributed by atoms with E-state index >= 15 is 0 Å².